The number of carbonyl (C=O) groups is 2. The van der Waals surface area contributed by atoms with E-state index in [1.54, 1.807) is 0 Å². The van der Waals surface area contributed by atoms with Crippen LogP contribution in [0.15, 0.2) is 72.8 Å². The van der Waals surface area contributed by atoms with Crippen molar-refractivity contribution >= 4 is 34.6 Å². The molecule has 5 nitrogen and oxygen atoms in total. The highest BCUT2D eigenvalue weighted by molar-refractivity contribution is 5.92. The zero-order valence-corrected chi connectivity index (χ0v) is 16.0. The van der Waals surface area contributed by atoms with Gasteiger partial charge in [0.15, 0.2) is 0 Å². The molecule has 142 valence electrons. The summed E-state index contributed by atoms with van der Waals surface area (Å²) in [6.45, 7) is 3.48. The van der Waals surface area contributed by atoms with Crippen molar-refractivity contribution in [3.8, 4) is 0 Å². The molecule has 0 saturated heterocycles. The standard InChI is InChI=1S/C23H23N3O2/c1-16-6-3-4-7-18(16)14-23(28)26-20-12-10-19(11-13-20)25-22-9-5-8-21(15-22)24-17(2)27/h3-13,15,25H,14H2,1-2H3,(H,24,27)(H,26,28). The minimum atomic E-state index is -0.108. The molecule has 3 N–H and O–H groups in total. The molecule has 5 heteroatoms. The Morgan fingerprint density at radius 1 is 0.750 bits per heavy atom. The third kappa shape index (κ3) is 5.45. The molecule has 0 aromatic heterocycles. The summed E-state index contributed by atoms with van der Waals surface area (Å²) in [6, 6.07) is 22.9. The lowest BCUT2D eigenvalue weighted by molar-refractivity contribution is -0.116. The summed E-state index contributed by atoms with van der Waals surface area (Å²) in [7, 11) is 0. The second-order valence-electron chi connectivity index (χ2n) is 6.62. The monoisotopic (exact) mass is 373 g/mol. The highest BCUT2D eigenvalue weighted by Crippen LogP contribution is 2.22. The first-order valence-electron chi connectivity index (χ1n) is 9.09. The smallest absolute Gasteiger partial charge is 0.228 e. The Morgan fingerprint density at radius 3 is 2.14 bits per heavy atom. The van der Waals surface area contributed by atoms with E-state index in [-0.39, 0.29) is 11.8 Å². The molecule has 2 amide bonds. The highest BCUT2D eigenvalue weighted by Gasteiger charge is 2.06. The second-order valence-corrected chi connectivity index (χ2v) is 6.62. The van der Waals surface area contributed by atoms with Gasteiger partial charge in [-0.15, -0.1) is 0 Å². The van der Waals surface area contributed by atoms with Crippen LogP contribution in [0.3, 0.4) is 0 Å². The van der Waals surface area contributed by atoms with Gasteiger partial charge in [-0.2, -0.15) is 0 Å². The number of amides is 2. The average Bonchev–Trinajstić information content (AvgIpc) is 2.65. The minimum absolute atomic E-state index is 0.0435. The fourth-order valence-electron chi connectivity index (χ4n) is 2.87. The lowest BCUT2D eigenvalue weighted by Gasteiger charge is -2.11. The molecule has 0 unspecified atom stereocenters. The Hall–Kier alpha value is -3.60. The van der Waals surface area contributed by atoms with Gasteiger partial charge in [0.2, 0.25) is 11.8 Å². The molecule has 0 saturated carbocycles. The fourth-order valence-corrected chi connectivity index (χ4v) is 2.87. The molecule has 0 heterocycles. The van der Waals surface area contributed by atoms with Crippen LogP contribution in [0.1, 0.15) is 18.1 Å². The van der Waals surface area contributed by atoms with E-state index in [2.05, 4.69) is 16.0 Å². The number of rotatable bonds is 6. The van der Waals surface area contributed by atoms with Crippen LogP contribution < -0.4 is 16.0 Å². The molecule has 3 rings (SSSR count). The van der Waals surface area contributed by atoms with Crippen LogP contribution in [0.5, 0.6) is 0 Å². The van der Waals surface area contributed by atoms with E-state index in [0.29, 0.717) is 6.42 Å². The largest absolute Gasteiger partial charge is 0.355 e. The predicted octanol–water partition coefficient (Wildman–Crippen LogP) is 4.88. The van der Waals surface area contributed by atoms with Crippen molar-refractivity contribution < 1.29 is 9.59 Å². The summed E-state index contributed by atoms with van der Waals surface area (Å²) in [5.74, 6) is -0.152. The van der Waals surface area contributed by atoms with Crippen molar-refractivity contribution in [1.82, 2.24) is 0 Å². The molecule has 0 bridgehead atoms. The molecule has 0 aliphatic rings. The van der Waals surface area contributed by atoms with Crippen LogP contribution in [-0.2, 0) is 16.0 Å². The Bertz CT molecular complexity index is 981. The van der Waals surface area contributed by atoms with Gasteiger partial charge in [-0.1, -0.05) is 30.3 Å². The van der Waals surface area contributed by atoms with Gasteiger partial charge in [0.05, 0.1) is 6.42 Å². The molecule has 0 atom stereocenters. The maximum atomic E-state index is 12.3. The summed E-state index contributed by atoms with van der Waals surface area (Å²) in [5.41, 5.74) is 5.37. The third-order valence-electron chi connectivity index (χ3n) is 4.25. The van der Waals surface area contributed by atoms with E-state index in [4.69, 9.17) is 0 Å². The van der Waals surface area contributed by atoms with Crippen molar-refractivity contribution in [3.05, 3.63) is 83.9 Å². The van der Waals surface area contributed by atoms with Gasteiger partial charge in [-0.05, 0) is 60.5 Å². The van der Waals surface area contributed by atoms with E-state index in [1.165, 1.54) is 6.92 Å². The van der Waals surface area contributed by atoms with E-state index in [0.717, 1.165) is 33.9 Å². The van der Waals surface area contributed by atoms with E-state index < -0.39 is 0 Å². The summed E-state index contributed by atoms with van der Waals surface area (Å²) in [6.07, 6.45) is 0.350. The molecule has 0 radical (unpaired) electrons. The normalized spacial score (nSPS) is 10.2. The van der Waals surface area contributed by atoms with Gasteiger partial charge < -0.3 is 16.0 Å². The van der Waals surface area contributed by atoms with Gasteiger partial charge in [0.25, 0.3) is 0 Å². The van der Waals surface area contributed by atoms with E-state index in [9.17, 15) is 9.59 Å². The van der Waals surface area contributed by atoms with Crippen molar-refractivity contribution in [1.29, 1.82) is 0 Å². The van der Waals surface area contributed by atoms with Crippen LogP contribution in [0, 0.1) is 6.92 Å². The van der Waals surface area contributed by atoms with Gasteiger partial charge in [0.1, 0.15) is 0 Å². The first-order chi connectivity index (χ1) is 13.5. The Balaban J connectivity index is 1.60. The molecular formula is C23H23N3O2. The molecule has 3 aromatic carbocycles. The lowest BCUT2D eigenvalue weighted by Crippen LogP contribution is -2.14. The van der Waals surface area contributed by atoms with Gasteiger partial charge in [0, 0.05) is 29.7 Å². The number of aryl methyl sites for hydroxylation is 1. The number of hydrogen-bond donors (Lipinski definition) is 3. The summed E-state index contributed by atoms with van der Waals surface area (Å²) >= 11 is 0. The van der Waals surface area contributed by atoms with Crippen LogP contribution >= 0.6 is 0 Å². The SMILES string of the molecule is CC(=O)Nc1cccc(Nc2ccc(NC(=O)Cc3ccccc3C)cc2)c1. The second kappa shape index (κ2) is 8.86. The maximum Gasteiger partial charge on any atom is 0.228 e. The van der Waals surface area contributed by atoms with Gasteiger partial charge in [-0.25, -0.2) is 0 Å². The fraction of sp³-hybridized carbons (Fsp3) is 0.130. The number of benzene rings is 3. The summed E-state index contributed by atoms with van der Waals surface area (Å²) in [4.78, 5) is 23.5. The molecule has 0 aliphatic heterocycles. The topological polar surface area (TPSA) is 70.2 Å². The minimum Gasteiger partial charge on any atom is -0.355 e. The van der Waals surface area contributed by atoms with Gasteiger partial charge in [-0.3, -0.25) is 9.59 Å². The van der Waals surface area contributed by atoms with Crippen molar-refractivity contribution in [2.75, 3.05) is 16.0 Å². The first-order valence-corrected chi connectivity index (χ1v) is 9.09. The van der Waals surface area contributed by atoms with E-state index >= 15 is 0 Å². The van der Waals surface area contributed by atoms with Crippen LogP contribution in [0.2, 0.25) is 0 Å². The van der Waals surface area contributed by atoms with Crippen molar-refractivity contribution in [3.63, 3.8) is 0 Å². The molecule has 3 aromatic rings. The summed E-state index contributed by atoms with van der Waals surface area (Å²) < 4.78 is 0. The Labute approximate surface area is 164 Å². The lowest BCUT2D eigenvalue weighted by atomic mass is 10.1. The third-order valence-corrected chi connectivity index (χ3v) is 4.25. The predicted molar refractivity (Wildman–Crippen MR) is 114 cm³/mol. The van der Waals surface area contributed by atoms with Gasteiger partial charge >= 0.3 is 0 Å². The zero-order chi connectivity index (χ0) is 19.9. The highest BCUT2D eigenvalue weighted by atomic mass is 16.2. The maximum absolute atomic E-state index is 12.3. The molecular weight excluding hydrogens is 350 g/mol. The molecule has 28 heavy (non-hydrogen) atoms. The van der Waals surface area contributed by atoms with Crippen LogP contribution in [-0.4, -0.2) is 11.8 Å². The quantitative estimate of drug-likeness (QED) is 0.577. The Morgan fingerprint density at radius 2 is 1.43 bits per heavy atom. The number of carbonyl (C=O) groups excluding carboxylic acids is 2. The Kier molecular flexibility index (Phi) is 6.07. The summed E-state index contributed by atoms with van der Waals surface area (Å²) in [5, 5.41) is 8.97. The number of anilines is 4. The van der Waals surface area contributed by atoms with Crippen molar-refractivity contribution in [2.45, 2.75) is 20.3 Å². The van der Waals surface area contributed by atoms with Crippen molar-refractivity contribution in [2.24, 2.45) is 0 Å². The molecule has 0 fully saturated rings. The average molecular weight is 373 g/mol. The molecule has 0 aliphatic carbocycles. The van der Waals surface area contributed by atoms with Crippen LogP contribution in [0.4, 0.5) is 22.7 Å². The first kappa shape index (κ1) is 19.2. The van der Waals surface area contributed by atoms with Crippen LogP contribution in [0.25, 0.3) is 0 Å². The zero-order valence-electron chi connectivity index (χ0n) is 16.0. The number of hydrogen-bond acceptors (Lipinski definition) is 3. The van der Waals surface area contributed by atoms with E-state index in [1.807, 2.05) is 79.7 Å². The number of nitrogens with one attached hydrogen (secondary N) is 3. The molecule has 0 spiro atoms.